The molecule has 2 aromatic rings. The summed E-state index contributed by atoms with van der Waals surface area (Å²) in [6.07, 6.45) is 5.70. The minimum absolute atomic E-state index is 0.131. The molecule has 1 aliphatic carbocycles. The molecular weight excluding hydrogens is 424 g/mol. The van der Waals surface area contributed by atoms with Crippen LogP contribution in [-0.2, 0) is 28.1 Å². The highest BCUT2D eigenvalue weighted by Gasteiger charge is 2.34. The normalized spacial score (nSPS) is 15.9. The number of hydrogen-bond acceptors (Lipinski definition) is 4. The van der Waals surface area contributed by atoms with Crippen LogP contribution in [0.2, 0.25) is 0 Å². The van der Waals surface area contributed by atoms with Gasteiger partial charge in [0.2, 0.25) is 0 Å². The van der Waals surface area contributed by atoms with E-state index in [0.717, 1.165) is 64.6 Å². The van der Waals surface area contributed by atoms with Crippen LogP contribution in [0.1, 0.15) is 99.1 Å². The van der Waals surface area contributed by atoms with Crippen LogP contribution in [0.15, 0.2) is 30.8 Å². The quantitative estimate of drug-likeness (QED) is 0.425. The molecule has 1 fully saturated rings. The van der Waals surface area contributed by atoms with Gasteiger partial charge in [0.15, 0.2) is 0 Å². The van der Waals surface area contributed by atoms with Gasteiger partial charge in [-0.2, -0.15) is 0 Å². The smallest absolute Gasteiger partial charge is 0.126 e. The van der Waals surface area contributed by atoms with Crippen molar-refractivity contribution in [3.05, 3.63) is 64.2 Å². The first kappa shape index (κ1) is 26.3. The predicted molar refractivity (Wildman–Crippen MR) is 139 cm³/mol. The van der Waals surface area contributed by atoms with Gasteiger partial charge in [0, 0.05) is 36.8 Å². The molecule has 1 saturated carbocycles. The predicted octanol–water partition coefficient (Wildman–Crippen LogP) is 7.43. The van der Waals surface area contributed by atoms with Crippen molar-refractivity contribution in [2.24, 2.45) is 5.92 Å². The molecule has 2 N–H and O–H groups in total. The van der Waals surface area contributed by atoms with Gasteiger partial charge in [0.05, 0.1) is 13.2 Å². The molecule has 0 bridgehead atoms. The van der Waals surface area contributed by atoms with E-state index in [2.05, 4.69) is 45.5 Å². The number of phenolic OH excluding ortho intramolecular Hbond substituents is 2. The van der Waals surface area contributed by atoms with Crippen LogP contribution < -0.4 is 0 Å². The summed E-state index contributed by atoms with van der Waals surface area (Å²) in [6.45, 7) is 13.3. The molecule has 186 valence electrons. The van der Waals surface area contributed by atoms with Crippen molar-refractivity contribution in [3.63, 3.8) is 0 Å². The maximum Gasteiger partial charge on any atom is 0.126 e. The van der Waals surface area contributed by atoms with Crippen LogP contribution in [-0.4, -0.2) is 24.4 Å². The Morgan fingerprint density at radius 3 is 1.94 bits per heavy atom. The molecule has 0 amide bonds. The maximum atomic E-state index is 11.7. The standard InChI is InChI=1S/C30H42O4/c1-19(2)23-13-20(17-33-6)14-24(28(23)31)27(22-11-9-8-10-12-22)25-15-21(18-34-7)16-26(29(25)32)30(3,4)5/h13-16,22,27,31-32H,1,8-12,17-18H2,2-7H3. The number of allylic oxidation sites excluding steroid dienone is 1. The summed E-state index contributed by atoms with van der Waals surface area (Å²) in [6, 6.07) is 8.16. The van der Waals surface area contributed by atoms with Gasteiger partial charge in [-0.05, 0) is 77.6 Å². The average Bonchev–Trinajstić information content (AvgIpc) is 2.78. The fourth-order valence-electron chi connectivity index (χ4n) is 5.45. The molecule has 4 heteroatoms. The molecule has 34 heavy (non-hydrogen) atoms. The van der Waals surface area contributed by atoms with E-state index in [0.29, 0.717) is 24.9 Å². The number of methoxy groups -OCH3 is 2. The largest absolute Gasteiger partial charge is 0.507 e. The number of rotatable bonds is 8. The second-order valence-corrected chi connectivity index (χ2v) is 10.9. The number of phenols is 2. The molecule has 0 spiro atoms. The third-order valence-electron chi connectivity index (χ3n) is 7.08. The van der Waals surface area contributed by atoms with E-state index in [1.54, 1.807) is 14.2 Å². The van der Waals surface area contributed by atoms with Gasteiger partial charge in [0.1, 0.15) is 11.5 Å². The average molecular weight is 467 g/mol. The SMILES string of the molecule is C=C(C)c1cc(COC)cc(C(c2cc(COC)cc(C(C)(C)C)c2O)C2CCCCC2)c1O. The second kappa shape index (κ2) is 11.0. The van der Waals surface area contributed by atoms with E-state index in [4.69, 9.17) is 9.47 Å². The summed E-state index contributed by atoms with van der Waals surface area (Å²) in [5.74, 6) is 0.785. The van der Waals surface area contributed by atoms with E-state index in [9.17, 15) is 10.2 Å². The fraction of sp³-hybridized carbons (Fsp3) is 0.533. The zero-order valence-electron chi connectivity index (χ0n) is 21.8. The molecular formula is C30H42O4. The Balaban J connectivity index is 2.33. The number of hydrogen-bond donors (Lipinski definition) is 2. The minimum Gasteiger partial charge on any atom is -0.507 e. The van der Waals surface area contributed by atoms with Crippen molar-refractivity contribution in [1.82, 2.24) is 0 Å². The van der Waals surface area contributed by atoms with Crippen LogP contribution in [0.3, 0.4) is 0 Å². The second-order valence-electron chi connectivity index (χ2n) is 10.9. The Morgan fingerprint density at radius 1 is 0.912 bits per heavy atom. The molecule has 2 aromatic carbocycles. The van der Waals surface area contributed by atoms with Crippen molar-refractivity contribution in [2.45, 2.75) is 84.3 Å². The van der Waals surface area contributed by atoms with Crippen LogP contribution in [0.25, 0.3) is 5.57 Å². The van der Waals surface area contributed by atoms with Crippen LogP contribution in [0.5, 0.6) is 11.5 Å². The Bertz CT molecular complexity index is 1010. The first-order valence-electron chi connectivity index (χ1n) is 12.4. The molecule has 1 aliphatic rings. The first-order chi connectivity index (χ1) is 16.1. The van der Waals surface area contributed by atoms with E-state index >= 15 is 0 Å². The zero-order chi connectivity index (χ0) is 25.0. The fourth-order valence-corrected chi connectivity index (χ4v) is 5.45. The van der Waals surface area contributed by atoms with Gasteiger partial charge < -0.3 is 19.7 Å². The van der Waals surface area contributed by atoms with Gasteiger partial charge in [-0.15, -0.1) is 0 Å². The Hall–Kier alpha value is -2.30. The van der Waals surface area contributed by atoms with Crippen molar-refractivity contribution < 1.29 is 19.7 Å². The Labute approximate surface area is 205 Å². The highest BCUT2D eigenvalue weighted by Crippen LogP contribution is 2.49. The van der Waals surface area contributed by atoms with Crippen molar-refractivity contribution in [3.8, 4) is 11.5 Å². The lowest BCUT2D eigenvalue weighted by molar-refractivity contribution is 0.184. The highest BCUT2D eigenvalue weighted by atomic mass is 16.5. The lowest BCUT2D eigenvalue weighted by Gasteiger charge is -2.34. The molecule has 3 rings (SSSR count). The van der Waals surface area contributed by atoms with Crippen molar-refractivity contribution in [2.75, 3.05) is 14.2 Å². The molecule has 0 saturated heterocycles. The van der Waals surface area contributed by atoms with E-state index < -0.39 is 0 Å². The third-order valence-corrected chi connectivity index (χ3v) is 7.08. The topological polar surface area (TPSA) is 58.9 Å². The lowest BCUT2D eigenvalue weighted by Crippen LogP contribution is -2.20. The zero-order valence-corrected chi connectivity index (χ0v) is 21.8. The van der Waals surface area contributed by atoms with E-state index in [1.165, 1.54) is 6.42 Å². The molecule has 1 unspecified atom stereocenters. The molecule has 0 aliphatic heterocycles. The van der Waals surface area contributed by atoms with Gasteiger partial charge in [-0.1, -0.05) is 46.6 Å². The molecule has 0 radical (unpaired) electrons. The Kier molecular flexibility index (Phi) is 8.48. The summed E-state index contributed by atoms with van der Waals surface area (Å²) in [7, 11) is 3.38. The van der Waals surface area contributed by atoms with E-state index in [-0.39, 0.29) is 17.1 Å². The molecule has 1 atom stereocenters. The van der Waals surface area contributed by atoms with Crippen LogP contribution in [0.4, 0.5) is 0 Å². The van der Waals surface area contributed by atoms with Gasteiger partial charge in [-0.3, -0.25) is 0 Å². The maximum absolute atomic E-state index is 11.7. The third kappa shape index (κ3) is 5.67. The highest BCUT2D eigenvalue weighted by molar-refractivity contribution is 5.70. The van der Waals surface area contributed by atoms with Gasteiger partial charge >= 0.3 is 0 Å². The van der Waals surface area contributed by atoms with Crippen molar-refractivity contribution in [1.29, 1.82) is 0 Å². The summed E-state index contributed by atoms with van der Waals surface area (Å²) < 4.78 is 10.9. The van der Waals surface area contributed by atoms with Crippen LogP contribution >= 0.6 is 0 Å². The number of benzene rings is 2. The molecule has 0 heterocycles. The summed E-state index contributed by atoms with van der Waals surface area (Å²) >= 11 is 0. The van der Waals surface area contributed by atoms with Crippen molar-refractivity contribution >= 4 is 5.57 Å². The van der Waals surface area contributed by atoms with Gasteiger partial charge in [0.25, 0.3) is 0 Å². The molecule has 0 aromatic heterocycles. The molecule has 4 nitrogen and oxygen atoms in total. The summed E-state index contributed by atoms with van der Waals surface area (Å²) in [4.78, 5) is 0. The minimum atomic E-state index is -0.234. The Morgan fingerprint density at radius 2 is 1.44 bits per heavy atom. The van der Waals surface area contributed by atoms with Gasteiger partial charge in [-0.25, -0.2) is 0 Å². The number of aromatic hydroxyl groups is 2. The summed E-state index contributed by atoms with van der Waals surface area (Å²) in [5, 5.41) is 23.2. The number of ether oxygens (including phenoxy) is 2. The lowest BCUT2D eigenvalue weighted by atomic mass is 9.71. The first-order valence-corrected chi connectivity index (χ1v) is 12.4. The monoisotopic (exact) mass is 466 g/mol. The summed E-state index contributed by atoms with van der Waals surface area (Å²) in [5.41, 5.74) is 5.99. The van der Waals surface area contributed by atoms with E-state index in [1.807, 2.05) is 13.0 Å². The van der Waals surface area contributed by atoms with Crippen LogP contribution in [0, 0.1) is 5.92 Å².